The van der Waals surface area contributed by atoms with Crippen LogP contribution in [-0.4, -0.2) is 24.1 Å². The van der Waals surface area contributed by atoms with Crippen LogP contribution in [0.3, 0.4) is 0 Å². The van der Waals surface area contributed by atoms with Crippen LogP contribution in [0, 0.1) is 292 Å². The molecule has 0 aliphatic rings. The molecular formula is C77H48N4OS2. The third kappa shape index (κ3) is 29.7. The molecule has 84 heavy (non-hydrogen) atoms. The van der Waals surface area contributed by atoms with E-state index in [9.17, 15) is 0 Å². The maximum absolute atomic E-state index is 6.12. The molecule has 2 heterocycles. The lowest BCUT2D eigenvalue weighted by Crippen LogP contribution is -2.06. The Balaban J connectivity index is 0.00000138. The molecule has 4 aromatic rings. The Kier molecular flexibility index (Phi) is 39.4. The standard InChI is InChI=1S/C38H20N2OS.C25H4.C12H16N2S.2CH4/c1-7-8-9-10-11-12-13-14-15-16-17-18-19-20-21-22-23-24-25-26-27-28-29-30-41-38-33(6)34(31(2)3)36-37(40-42-39-36)35(38)32(4)5;1-3-5-7-9-11-13-15-17-19-21-23-25-24-22-20-18-16-14-12-10-8-6-4-2;1-7(2)9-5-6-10(8(3)4)12-11(9)13-15-14-12;;/h1,31-32H,30H2,2-6H3;1H,2H3;5-8H,1-4H3;2*1H4. The number of benzene rings is 2. The van der Waals surface area contributed by atoms with E-state index in [1.165, 1.54) is 34.6 Å². The molecule has 0 fully saturated rings. The average molecular weight is 1110 g/mol. The fraction of sp³-hybridized carbons (Fsp3) is 0.221. The minimum atomic E-state index is 0. The van der Waals surface area contributed by atoms with Crippen LogP contribution in [0.2, 0.25) is 0 Å². The van der Waals surface area contributed by atoms with Crippen molar-refractivity contribution in [3.8, 4) is 291 Å². The van der Waals surface area contributed by atoms with E-state index >= 15 is 0 Å². The summed E-state index contributed by atoms with van der Waals surface area (Å²) in [5.74, 6) is 118. The fourth-order valence-electron chi connectivity index (χ4n) is 5.93. The molecule has 0 saturated carbocycles. The van der Waals surface area contributed by atoms with Crippen LogP contribution in [0.1, 0.15) is 129 Å². The van der Waals surface area contributed by atoms with Gasteiger partial charge in [0.05, 0.1) is 23.5 Å². The second-order valence-electron chi connectivity index (χ2n) is 15.8. The van der Waals surface area contributed by atoms with Crippen LogP contribution >= 0.6 is 23.5 Å². The minimum absolute atomic E-state index is 0. The summed E-state index contributed by atoms with van der Waals surface area (Å²) in [6, 6.07) is 4.40. The van der Waals surface area contributed by atoms with Gasteiger partial charge in [0.2, 0.25) is 0 Å². The molecule has 0 aliphatic heterocycles. The smallest absolute Gasteiger partial charge is 0.150 e. The third-order valence-electron chi connectivity index (χ3n) is 9.01. The van der Waals surface area contributed by atoms with Gasteiger partial charge in [-0.15, -0.1) is 12.8 Å². The van der Waals surface area contributed by atoms with Crippen LogP contribution in [-0.2, 0) is 0 Å². The number of hydrogen-bond acceptors (Lipinski definition) is 7. The molecule has 0 radical (unpaired) electrons. The molecule has 0 spiro atoms. The fourth-order valence-corrected chi connectivity index (χ4v) is 7.09. The Morgan fingerprint density at radius 3 is 0.869 bits per heavy atom. The van der Waals surface area contributed by atoms with Gasteiger partial charge >= 0.3 is 0 Å². The molecule has 0 N–H and O–H groups in total. The summed E-state index contributed by atoms with van der Waals surface area (Å²) in [6.07, 6.45) is 9.86. The van der Waals surface area contributed by atoms with E-state index in [4.69, 9.17) is 17.6 Å². The lowest BCUT2D eigenvalue weighted by molar-refractivity contribution is 0.362. The Bertz CT molecular complexity index is 4690. The average Bonchev–Trinajstić information content (AvgIpc) is 3.11. The van der Waals surface area contributed by atoms with Crippen LogP contribution in [0.25, 0.3) is 22.1 Å². The van der Waals surface area contributed by atoms with Crippen LogP contribution in [0.4, 0.5) is 0 Å². The first-order valence-electron chi connectivity index (χ1n) is 24.0. The monoisotopic (exact) mass is 1110 g/mol. The zero-order chi connectivity index (χ0) is 59.7. The number of aromatic nitrogens is 4. The van der Waals surface area contributed by atoms with Crippen LogP contribution < -0.4 is 4.74 Å². The summed E-state index contributed by atoms with van der Waals surface area (Å²) < 4.78 is 24.1. The highest BCUT2D eigenvalue weighted by Crippen LogP contribution is 2.41. The van der Waals surface area contributed by atoms with Crippen molar-refractivity contribution in [2.45, 2.75) is 108 Å². The first kappa shape index (κ1) is 71.3. The van der Waals surface area contributed by atoms with Crippen molar-refractivity contribution < 1.29 is 4.74 Å². The van der Waals surface area contributed by atoms with Crippen molar-refractivity contribution in [1.29, 1.82) is 0 Å². The Morgan fingerprint density at radius 1 is 0.357 bits per heavy atom. The zero-order valence-electron chi connectivity index (χ0n) is 46.3. The first-order valence-corrected chi connectivity index (χ1v) is 25.4. The highest BCUT2D eigenvalue weighted by atomic mass is 32.1. The van der Waals surface area contributed by atoms with Crippen molar-refractivity contribution in [2.24, 2.45) is 0 Å². The lowest BCUT2D eigenvalue weighted by Gasteiger charge is -2.20. The van der Waals surface area contributed by atoms with Crippen molar-refractivity contribution >= 4 is 45.5 Å². The summed E-state index contributed by atoms with van der Waals surface area (Å²) in [4.78, 5) is 0. The molecule has 0 unspecified atom stereocenters. The zero-order valence-corrected chi connectivity index (χ0v) is 48.0. The molecule has 2 aromatic carbocycles. The SMILES string of the molecule is C.C.C#CC#CC#CC#CC#CC#CC#CC#CC#CC#CC#CC#CC.C#CC#CC#CC#CC#CC#CC#CC#CC#CC#CC#CC#CCOc1c(C)c(C(C)C)c2nsnc2c1C(C)C.CC(C)c1ccc(C(C)C)c2nsnc12. The number of hydrogen-bond donors (Lipinski definition) is 0. The highest BCUT2D eigenvalue weighted by molar-refractivity contribution is 7.00. The molecule has 0 aliphatic carbocycles. The summed E-state index contributed by atoms with van der Waals surface area (Å²) in [5, 5.41) is 0. The number of ether oxygens (including phenoxy) is 1. The second kappa shape index (κ2) is 46.4. The van der Waals surface area contributed by atoms with Gasteiger partial charge in [0.25, 0.3) is 0 Å². The van der Waals surface area contributed by atoms with Gasteiger partial charge in [-0.05, 0) is 255 Å². The van der Waals surface area contributed by atoms with E-state index in [-0.39, 0.29) is 27.4 Å². The van der Waals surface area contributed by atoms with Crippen molar-refractivity contribution in [3.05, 3.63) is 39.9 Å². The highest BCUT2D eigenvalue weighted by Gasteiger charge is 2.24. The molecule has 0 saturated heterocycles. The second-order valence-corrected chi connectivity index (χ2v) is 16.9. The predicted octanol–water partition coefficient (Wildman–Crippen LogP) is 10.2. The Labute approximate surface area is 509 Å². The number of terminal acetylenes is 2. The van der Waals surface area contributed by atoms with Gasteiger partial charge in [0, 0.05) is 76.6 Å². The predicted molar refractivity (Wildman–Crippen MR) is 349 cm³/mol. The van der Waals surface area contributed by atoms with Crippen molar-refractivity contribution in [3.63, 3.8) is 0 Å². The molecule has 0 bridgehead atoms. The molecule has 4 rings (SSSR count). The first-order chi connectivity index (χ1) is 40.0. The van der Waals surface area contributed by atoms with E-state index in [1.807, 2.05) is 0 Å². The van der Waals surface area contributed by atoms with Gasteiger partial charge in [0.1, 0.15) is 34.4 Å². The molecule has 394 valence electrons. The summed E-state index contributed by atoms with van der Waals surface area (Å²) >= 11 is 2.55. The summed E-state index contributed by atoms with van der Waals surface area (Å²) in [5.41, 5.74) is 9.98. The van der Waals surface area contributed by atoms with Gasteiger partial charge in [-0.3, -0.25) is 0 Å². The molecule has 0 atom stereocenters. The van der Waals surface area contributed by atoms with Crippen LogP contribution in [0.5, 0.6) is 5.75 Å². The quantitative estimate of drug-likeness (QED) is 0.180. The molecule has 7 heteroatoms. The van der Waals surface area contributed by atoms with Crippen LogP contribution in [0.15, 0.2) is 12.1 Å². The van der Waals surface area contributed by atoms with Crippen molar-refractivity contribution in [2.75, 3.05) is 6.61 Å². The topological polar surface area (TPSA) is 60.8 Å². The maximum Gasteiger partial charge on any atom is 0.150 e. The van der Waals surface area contributed by atoms with E-state index < -0.39 is 0 Å². The number of fused-ring (bicyclic) bond motifs is 2. The van der Waals surface area contributed by atoms with Gasteiger partial charge in [-0.1, -0.05) is 88.3 Å². The van der Waals surface area contributed by atoms with Crippen molar-refractivity contribution in [1.82, 2.24) is 17.5 Å². The maximum atomic E-state index is 6.12. The number of rotatable bonds is 6. The molecule has 5 nitrogen and oxygen atoms in total. The van der Waals surface area contributed by atoms with Gasteiger partial charge in [-0.25, -0.2) is 0 Å². The number of nitrogens with zero attached hydrogens (tertiary/aromatic N) is 4. The van der Waals surface area contributed by atoms with Gasteiger partial charge < -0.3 is 4.74 Å². The van der Waals surface area contributed by atoms with E-state index in [2.05, 4.69) is 364 Å². The van der Waals surface area contributed by atoms with E-state index in [1.54, 1.807) is 6.92 Å². The minimum Gasteiger partial charge on any atom is -0.480 e. The summed E-state index contributed by atoms with van der Waals surface area (Å²) in [6.45, 7) is 21.3. The van der Waals surface area contributed by atoms with Gasteiger partial charge in [-0.2, -0.15) is 17.5 Å². The van der Waals surface area contributed by atoms with Gasteiger partial charge in [0.15, 0.2) is 0 Å². The molecular weight excluding hydrogens is 1060 g/mol. The molecule has 0 amide bonds. The lowest BCUT2D eigenvalue weighted by atomic mass is 9.89. The van der Waals surface area contributed by atoms with E-state index in [0.717, 1.165) is 44.5 Å². The normalized spacial score (nSPS) is 7.00. The Hall–Kier alpha value is -12.7. The summed E-state index contributed by atoms with van der Waals surface area (Å²) in [7, 11) is 0. The molecule has 2 aromatic heterocycles. The Morgan fingerprint density at radius 2 is 0.607 bits per heavy atom. The van der Waals surface area contributed by atoms with E-state index in [0.29, 0.717) is 17.8 Å². The largest absolute Gasteiger partial charge is 0.480 e. The third-order valence-corrected chi connectivity index (χ3v) is 10.1.